The van der Waals surface area contributed by atoms with Crippen LogP contribution in [0.5, 0.6) is 0 Å². The summed E-state index contributed by atoms with van der Waals surface area (Å²) < 4.78 is 0. The second-order valence-electron chi connectivity index (χ2n) is 3.88. The minimum absolute atomic E-state index is 0.0706. The summed E-state index contributed by atoms with van der Waals surface area (Å²) in [6, 6.07) is 3.80. The highest BCUT2D eigenvalue weighted by molar-refractivity contribution is 5.68. The van der Waals surface area contributed by atoms with Crippen molar-refractivity contribution in [3.05, 3.63) is 30.1 Å². The molecular weight excluding hydrogens is 190 g/mol. The summed E-state index contributed by atoms with van der Waals surface area (Å²) in [4.78, 5) is 14.8. The fourth-order valence-electron chi connectivity index (χ4n) is 1.72. The molecule has 0 aliphatic heterocycles. The zero-order valence-corrected chi connectivity index (χ0v) is 9.18. The van der Waals surface area contributed by atoms with E-state index in [1.165, 1.54) is 0 Å². The van der Waals surface area contributed by atoms with Gasteiger partial charge in [-0.2, -0.15) is 0 Å². The number of carboxylic acids is 1. The molecule has 82 valence electrons. The maximum Gasteiger partial charge on any atom is 0.303 e. The molecule has 15 heavy (non-hydrogen) atoms. The highest BCUT2D eigenvalue weighted by Gasteiger charge is 2.20. The number of hydrogen-bond acceptors (Lipinski definition) is 2. The van der Waals surface area contributed by atoms with Gasteiger partial charge in [-0.15, -0.1) is 0 Å². The summed E-state index contributed by atoms with van der Waals surface area (Å²) in [6.07, 6.45) is 4.63. The lowest BCUT2D eigenvalue weighted by Gasteiger charge is -2.21. The number of aromatic nitrogens is 1. The van der Waals surface area contributed by atoms with Crippen LogP contribution in [0.1, 0.15) is 38.2 Å². The first kappa shape index (κ1) is 11.7. The molecule has 1 rings (SSSR count). The van der Waals surface area contributed by atoms with Gasteiger partial charge in [-0.25, -0.2) is 0 Å². The summed E-state index contributed by atoms with van der Waals surface area (Å²) in [5.74, 6) is -0.310. The topological polar surface area (TPSA) is 50.2 Å². The third-order valence-electron chi connectivity index (χ3n) is 2.84. The van der Waals surface area contributed by atoms with Gasteiger partial charge in [-0.05, 0) is 23.5 Å². The van der Waals surface area contributed by atoms with E-state index in [2.05, 4.69) is 18.8 Å². The molecule has 3 heteroatoms. The Morgan fingerprint density at radius 2 is 2.33 bits per heavy atom. The average Bonchev–Trinajstić information content (AvgIpc) is 2.26. The lowest BCUT2D eigenvalue weighted by Crippen LogP contribution is -2.14. The van der Waals surface area contributed by atoms with Crippen LogP contribution in [0.3, 0.4) is 0 Å². The zero-order valence-electron chi connectivity index (χ0n) is 9.18. The third kappa shape index (κ3) is 3.35. The van der Waals surface area contributed by atoms with E-state index in [0.29, 0.717) is 5.92 Å². The predicted molar refractivity (Wildman–Crippen MR) is 58.7 cm³/mol. The molecule has 1 aromatic heterocycles. The van der Waals surface area contributed by atoms with Crippen LogP contribution in [0.25, 0.3) is 0 Å². The fraction of sp³-hybridized carbons (Fsp3) is 0.500. The standard InChI is InChI=1S/C12H17NO2/c1-3-9(2)11(7-12(14)15)10-5-4-6-13-8-10/h4-6,8-9,11H,3,7H2,1-2H3,(H,14,15). The molecule has 0 aliphatic rings. The van der Waals surface area contributed by atoms with Crippen LogP contribution >= 0.6 is 0 Å². The minimum Gasteiger partial charge on any atom is -0.481 e. The molecule has 0 saturated carbocycles. The van der Waals surface area contributed by atoms with Crippen LogP contribution in [0.2, 0.25) is 0 Å². The number of carboxylic acid groups (broad SMARTS) is 1. The Kier molecular flexibility index (Phi) is 4.28. The highest BCUT2D eigenvalue weighted by atomic mass is 16.4. The molecule has 0 aliphatic carbocycles. The minimum atomic E-state index is -0.746. The van der Waals surface area contributed by atoms with Gasteiger partial charge in [0.1, 0.15) is 0 Å². The van der Waals surface area contributed by atoms with Crippen molar-refractivity contribution in [2.24, 2.45) is 5.92 Å². The Labute approximate surface area is 90.2 Å². The number of hydrogen-bond donors (Lipinski definition) is 1. The average molecular weight is 207 g/mol. The largest absolute Gasteiger partial charge is 0.481 e. The van der Waals surface area contributed by atoms with Gasteiger partial charge in [0.05, 0.1) is 6.42 Å². The zero-order chi connectivity index (χ0) is 11.3. The molecule has 2 atom stereocenters. The van der Waals surface area contributed by atoms with Crippen molar-refractivity contribution in [2.75, 3.05) is 0 Å². The third-order valence-corrected chi connectivity index (χ3v) is 2.84. The number of carbonyl (C=O) groups is 1. The molecule has 1 N–H and O–H groups in total. The molecule has 0 spiro atoms. The van der Waals surface area contributed by atoms with Crippen LogP contribution in [-0.4, -0.2) is 16.1 Å². The van der Waals surface area contributed by atoms with Crippen LogP contribution < -0.4 is 0 Å². The Morgan fingerprint density at radius 3 is 2.80 bits per heavy atom. The highest BCUT2D eigenvalue weighted by Crippen LogP contribution is 2.29. The van der Waals surface area contributed by atoms with Crippen molar-refractivity contribution < 1.29 is 9.90 Å². The van der Waals surface area contributed by atoms with E-state index in [1.807, 2.05) is 12.1 Å². The lowest BCUT2D eigenvalue weighted by molar-refractivity contribution is -0.137. The summed E-state index contributed by atoms with van der Waals surface area (Å²) in [5, 5.41) is 8.87. The molecule has 0 amide bonds. The van der Waals surface area contributed by atoms with E-state index in [4.69, 9.17) is 5.11 Å². The maximum absolute atomic E-state index is 10.8. The number of pyridine rings is 1. The molecule has 1 heterocycles. The van der Waals surface area contributed by atoms with E-state index in [0.717, 1.165) is 12.0 Å². The van der Waals surface area contributed by atoms with Gasteiger partial charge < -0.3 is 5.11 Å². The van der Waals surface area contributed by atoms with Crippen molar-refractivity contribution in [2.45, 2.75) is 32.6 Å². The summed E-state index contributed by atoms with van der Waals surface area (Å²) in [6.45, 7) is 4.16. The van der Waals surface area contributed by atoms with Gasteiger partial charge in [0.15, 0.2) is 0 Å². The summed E-state index contributed by atoms with van der Waals surface area (Å²) in [7, 11) is 0. The van der Waals surface area contributed by atoms with Gasteiger partial charge in [0.25, 0.3) is 0 Å². The first-order chi connectivity index (χ1) is 7.15. The second-order valence-corrected chi connectivity index (χ2v) is 3.88. The van der Waals surface area contributed by atoms with Crippen LogP contribution in [-0.2, 0) is 4.79 Å². The van der Waals surface area contributed by atoms with Gasteiger partial charge in [-0.3, -0.25) is 9.78 Å². The molecule has 0 saturated heterocycles. The normalized spacial score (nSPS) is 14.5. The summed E-state index contributed by atoms with van der Waals surface area (Å²) in [5.41, 5.74) is 1.02. The van der Waals surface area contributed by atoms with Gasteiger partial charge in [0, 0.05) is 12.4 Å². The Morgan fingerprint density at radius 1 is 1.60 bits per heavy atom. The van der Waals surface area contributed by atoms with Crippen LogP contribution in [0, 0.1) is 5.92 Å². The Bertz CT molecular complexity index is 311. The molecule has 0 bridgehead atoms. The van der Waals surface area contributed by atoms with Crippen molar-refractivity contribution in [1.82, 2.24) is 4.98 Å². The molecule has 1 aromatic rings. The molecule has 0 aromatic carbocycles. The Hall–Kier alpha value is -1.38. The Balaban J connectivity index is 2.86. The van der Waals surface area contributed by atoms with E-state index < -0.39 is 5.97 Å². The van der Waals surface area contributed by atoms with Crippen molar-refractivity contribution in [1.29, 1.82) is 0 Å². The first-order valence-electron chi connectivity index (χ1n) is 5.26. The van der Waals surface area contributed by atoms with Crippen LogP contribution in [0.4, 0.5) is 0 Å². The predicted octanol–water partition coefficient (Wildman–Crippen LogP) is 2.69. The number of nitrogens with zero attached hydrogens (tertiary/aromatic N) is 1. The SMILES string of the molecule is CCC(C)C(CC(=O)O)c1cccnc1. The molecule has 2 unspecified atom stereocenters. The van der Waals surface area contributed by atoms with E-state index in [-0.39, 0.29) is 12.3 Å². The maximum atomic E-state index is 10.8. The van der Waals surface area contributed by atoms with E-state index in [1.54, 1.807) is 12.4 Å². The van der Waals surface area contributed by atoms with Gasteiger partial charge >= 0.3 is 5.97 Å². The van der Waals surface area contributed by atoms with Crippen molar-refractivity contribution in [3.63, 3.8) is 0 Å². The first-order valence-corrected chi connectivity index (χ1v) is 5.26. The second kappa shape index (κ2) is 5.49. The molecule has 0 fully saturated rings. The quantitative estimate of drug-likeness (QED) is 0.807. The molecule has 0 radical (unpaired) electrons. The van der Waals surface area contributed by atoms with Crippen LogP contribution in [0.15, 0.2) is 24.5 Å². The monoisotopic (exact) mass is 207 g/mol. The van der Waals surface area contributed by atoms with Crippen molar-refractivity contribution in [3.8, 4) is 0 Å². The number of rotatable bonds is 5. The van der Waals surface area contributed by atoms with Gasteiger partial charge in [0.2, 0.25) is 0 Å². The van der Waals surface area contributed by atoms with Gasteiger partial charge in [-0.1, -0.05) is 26.3 Å². The van der Waals surface area contributed by atoms with E-state index >= 15 is 0 Å². The molecular formula is C12H17NO2. The molecule has 3 nitrogen and oxygen atoms in total. The fourth-order valence-corrected chi connectivity index (χ4v) is 1.72. The summed E-state index contributed by atoms with van der Waals surface area (Å²) >= 11 is 0. The van der Waals surface area contributed by atoms with Crippen molar-refractivity contribution >= 4 is 5.97 Å². The smallest absolute Gasteiger partial charge is 0.303 e. The lowest BCUT2D eigenvalue weighted by atomic mass is 9.84. The van der Waals surface area contributed by atoms with E-state index in [9.17, 15) is 4.79 Å². The number of aliphatic carboxylic acids is 1.